The van der Waals surface area contributed by atoms with E-state index in [1.165, 1.54) is 0 Å². The van der Waals surface area contributed by atoms with Crippen LogP contribution in [0.4, 0.5) is 0 Å². The molecule has 0 radical (unpaired) electrons. The molecule has 1 saturated heterocycles. The third-order valence-electron chi connectivity index (χ3n) is 3.52. The molecule has 108 valence electrons. The first-order valence-electron chi connectivity index (χ1n) is 6.97. The van der Waals surface area contributed by atoms with Crippen LogP contribution in [0.15, 0.2) is 18.6 Å². The van der Waals surface area contributed by atoms with Crippen molar-refractivity contribution in [2.75, 3.05) is 26.2 Å². The van der Waals surface area contributed by atoms with E-state index in [0.29, 0.717) is 11.6 Å². The first kappa shape index (κ1) is 13.7. The summed E-state index contributed by atoms with van der Waals surface area (Å²) in [6.07, 6.45) is 5.42. The Balaban J connectivity index is 1.72. The van der Waals surface area contributed by atoms with Gasteiger partial charge in [-0.05, 0) is 6.92 Å². The summed E-state index contributed by atoms with van der Waals surface area (Å²) in [7, 11) is 0. The van der Waals surface area contributed by atoms with E-state index in [9.17, 15) is 0 Å². The van der Waals surface area contributed by atoms with Gasteiger partial charge < -0.3 is 5.32 Å². The van der Waals surface area contributed by atoms with Gasteiger partial charge in [0.1, 0.15) is 6.07 Å². The van der Waals surface area contributed by atoms with Crippen LogP contribution in [0.5, 0.6) is 0 Å². The average molecular weight is 283 g/mol. The zero-order chi connectivity index (χ0) is 14.7. The first-order chi connectivity index (χ1) is 10.3. The lowest BCUT2D eigenvalue weighted by molar-refractivity contribution is 0.232. The maximum Gasteiger partial charge on any atom is 0.250 e. The minimum atomic E-state index is 0.406. The smallest absolute Gasteiger partial charge is 0.250 e. The Labute approximate surface area is 123 Å². The number of hydrogen-bond acceptors (Lipinski definition) is 6. The summed E-state index contributed by atoms with van der Waals surface area (Å²) in [5.74, 6) is 0.490. The van der Waals surface area contributed by atoms with Crippen molar-refractivity contribution >= 4 is 0 Å². The van der Waals surface area contributed by atoms with Crippen molar-refractivity contribution in [1.82, 2.24) is 30.0 Å². The highest BCUT2D eigenvalue weighted by atomic mass is 15.3. The van der Waals surface area contributed by atoms with Crippen LogP contribution in [0.2, 0.25) is 0 Å². The summed E-state index contributed by atoms with van der Waals surface area (Å²) in [5, 5.41) is 16.4. The highest BCUT2D eigenvalue weighted by Crippen LogP contribution is 2.09. The molecule has 1 N–H and O–H groups in total. The van der Waals surface area contributed by atoms with Gasteiger partial charge in [0, 0.05) is 62.4 Å². The van der Waals surface area contributed by atoms with Gasteiger partial charge in [-0.25, -0.2) is 14.6 Å². The molecule has 7 heteroatoms. The monoisotopic (exact) mass is 283 g/mol. The molecule has 0 spiro atoms. The SMILES string of the molecule is Cc1cn(-c2ncc(CN3CCNCC3)cn2)nc1C#N. The lowest BCUT2D eigenvalue weighted by Gasteiger charge is -2.26. The van der Waals surface area contributed by atoms with E-state index >= 15 is 0 Å². The number of nitrogens with zero attached hydrogens (tertiary/aromatic N) is 6. The second-order valence-corrected chi connectivity index (χ2v) is 5.13. The second kappa shape index (κ2) is 5.99. The molecule has 1 aliphatic rings. The lowest BCUT2D eigenvalue weighted by atomic mass is 10.3. The van der Waals surface area contributed by atoms with Crippen LogP contribution in [0.25, 0.3) is 5.95 Å². The Kier molecular flexibility index (Phi) is 3.90. The maximum atomic E-state index is 8.93. The molecule has 2 aromatic heterocycles. The van der Waals surface area contributed by atoms with Gasteiger partial charge in [-0.15, -0.1) is 0 Å². The van der Waals surface area contributed by atoms with E-state index in [1.54, 1.807) is 10.9 Å². The third kappa shape index (κ3) is 3.07. The highest BCUT2D eigenvalue weighted by Gasteiger charge is 2.11. The Morgan fingerprint density at radius 3 is 2.62 bits per heavy atom. The number of piperazine rings is 1. The molecule has 0 bridgehead atoms. The van der Waals surface area contributed by atoms with Crippen molar-refractivity contribution in [1.29, 1.82) is 5.26 Å². The van der Waals surface area contributed by atoms with Gasteiger partial charge in [-0.2, -0.15) is 10.4 Å². The van der Waals surface area contributed by atoms with Crippen LogP contribution in [-0.4, -0.2) is 50.8 Å². The molecule has 7 nitrogen and oxygen atoms in total. The molecule has 2 aromatic rings. The van der Waals surface area contributed by atoms with Crippen molar-refractivity contribution in [3.05, 3.63) is 35.4 Å². The maximum absolute atomic E-state index is 8.93. The summed E-state index contributed by atoms with van der Waals surface area (Å²) in [6.45, 7) is 6.87. The Bertz CT molecular complexity index is 647. The van der Waals surface area contributed by atoms with E-state index in [1.807, 2.05) is 19.3 Å². The molecule has 0 aromatic carbocycles. The fourth-order valence-electron chi connectivity index (χ4n) is 2.35. The van der Waals surface area contributed by atoms with E-state index in [2.05, 4.69) is 31.4 Å². The lowest BCUT2D eigenvalue weighted by Crippen LogP contribution is -2.42. The molecule has 1 fully saturated rings. The van der Waals surface area contributed by atoms with Crippen LogP contribution in [0, 0.1) is 18.3 Å². The fourth-order valence-corrected chi connectivity index (χ4v) is 2.35. The Hall–Kier alpha value is -2.30. The van der Waals surface area contributed by atoms with Gasteiger partial charge in [-0.1, -0.05) is 0 Å². The predicted octanol–water partition coefficient (Wildman–Crippen LogP) is 0.248. The zero-order valence-electron chi connectivity index (χ0n) is 12.0. The molecule has 1 aliphatic heterocycles. The van der Waals surface area contributed by atoms with Crippen LogP contribution in [0.1, 0.15) is 16.8 Å². The number of hydrogen-bond donors (Lipinski definition) is 1. The first-order valence-corrected chi connectivity index (χ1v) is 6.97. The molecule has 0 aliphatic carbocycles. The molecular weight excluding hydrogens is 266 g/mol. The third-order valence-corrected chi connectivity index (χ3v) is 3.52. The molecule has 0 unspecified atom stereocenters. The molecule has 0 saturated carbocycles. The van der Waals surface area contributed by atoms with Crippen molar-refractivity contribution in [2.45, 2.75) is 13.5 Å². The number of rotatable bonds is 3. The summed E-state index contributed by atoms with van der Waals surface area (Å²) in [4.78, 5) is 11.1. The van der Waals surface area contributed by atoms with E-state index in [0.717, 1.165) is 43.9 Å². The number of aromatic nitrogens is 4. The highest BCUT2D eigenvalue weighted by molar-refractivity contribution is 5.30. The van der Waals surface area contributed by atoms with Gasteiger partial charge in [0.05, 0.1) is 0 Å². The van der Waals surface area contributed by atoms with Crippen LogP contribution < -0.4 is 5.32 Å². The molecule has 21 heavy (non-hydrogen) atoms. The van der Waals surface area contributed by atoms with Gasteiger partial charge in [0.25, 0.3) is 0 Å². The molecule has 3 heterocycles. The van der Waals surface area contributed by atoms with E-state index < -0.39 is 0 Å². The average Bonchev–Trinajstić information content (AvgIpc) is 2.90. The quantitative estimate of drug-likeness (QED) is 0.869. The minimum Gasteiger partial charge on any atom is -0.314 e. The normalized spacial score (nSPS) is 15.8. The van der Waals surface area contributed by atoms with Crippen LogP contribution in [-0.2, 0) is 6.54 Å². The number of aryl methyl sites for hydroxylation is 1. The number of nitriles is 1. The van der Waals surface area contributed by atoms with Crippen molar-refractivity contribution in [3.8, 4) is 12.0 Å². The van der Waals surface area contributed by atoms with E-state index in [-0.39, 0.29) is 0 Å². The largest absolute Gasteiger partial charge is 0.314 e. The van der Waals surface area contributed by atoms with Crippen LogP contribution in [0.3, 0.4) is 0 Å². The summed E-state index contributed by atoms with van der Waals surface area (Å²) < 4.78 is 1.54. The summed E-state index contributed by atoms with van der Waals surface area (Å²) >= 11 is 0. The Morgan fingerprint density at radius 2 is 2.00 bits per heavy atom. The summed E-state index contributed by atoms with van der Waals surface area (Å²) in [6, 6.07) is 2.05. The van der Waals surface area contributed by atoms with Crippen molar-refractivity contribution in [2.24, 2.45) is 0 Å². The van der Waals surface area contributed by atoms with E-state index in [4.69, 9.17) is 5.26 Å². The zero-order valence-corrected chi connectivity index (χ0v) is 12.0. The van der Waals surface area contributed by atoms with Crippen molar-refractivity contribution < 1.29 is 0 Å². The van der Waals surface area contributed by atoms with Gasteiger partial charge >= 0.3 is 0 Å². The fraction of sp³-hybridized carbons (Fsp3) is 0.429. The van der Waals surface area contributed by atoms with Gasteiger partial charge in [0.15, 0.2) is 5.69 Å². The predicted molar refractivity (Wildman–Crippen MR) is 76.8 cm³/mol. The molecule has 0 amide bonds. The molecular formula is C14H17N7. The number of nitrogens with one attached hydrogen (secondary N) is 1. The molecule has 3 rings (SSSR count). The standard InChI is InChI=1S/C14H17N7/c1-11-9-21(19-13(11)6-15)14-17-7-12(8-18-14)10-20-4-2-16-3-5-20/h7-9,16H,2-5,10H2,1H3. The van der Waals surface area contributed by atoms with Crippen molar-refractivity contribution in [3.63, 3.8) is 0 Å². The van der Waals surface area contributed by atoms with Gasteiger partial charge in [-0.3, -0.25) is 4.90 Å². The topological polar surface area (TPSA) is 82.7 Å². The second-order valence-electron chi connectivity index (χ2n) is 5.13. The summed E-state index contributed by atoms with van der Waals surface area (Å²) in [5.41, 5.74) is 2.32. The Morgan fingerprint density at radius 1 is 1.29 bits per heavy atom. The van der Waals surface area contributed by atoms with Gasteiger partial charge in [0.2, 0.25) is 5.95 Å². The minimum absolute atomic E-state index is 0.406. The van der Waals surface area contributed by atoms with Crippen LogP contribution >= 0.6 is 0 Å². The molecule has 0 atom stereocenters.